The second-order valence-electron chi connectivity index (χ2n) is 8.99. The number of anilines is 1. The highest BCUT2D eigenvalue weighted by Crippen LogP contribution is 2.35. The van der Waals surface area contributed by atoms with Crippen LogP contribution >= 0.6 is 0 Å². The fraction of sp³-hybridized carbons (Fsp3) is 0.138. The van der Waals surface area contributed by atoms with Gasteiger partial charge in [0.1, 0.15) is 6.04 Å². The highest BCUT2D eigenvalue weighted by Gasteiger charge is 2.29. The number of sulfonamides is 1. The maximum atomic E-state index is 13.6. The average Bonchev–Trinajstić information content (AvgIpc) is 3.45. The van der Waals surface area contributed by atoms with E-state index < -0.39 is 28.0 Å². The van der Waals surface area contributed by atoms with Crippen LogP contribution in [0.15, 0.2) is 102 Å². The Morgan fingerprint density at radius 2 is 1.70 bits per heavy atom. The van der Waals surface area contributed by atoms with Gasteiger partial charge in [-0.25, -0.2) is 17.9 Å². The van der Waals surface area contributed by atoms with Gasteiger partial charge in [0.15, 0.2) is 11.5 Å². The molecule has 0 spiro atoms. The molecule has 40 heavy (non-hydrogen) atoms. The second kappa shape index (κ2) is 11.5. The van der Waals surface area contributed by atoms with Crippen molar-refractivity contribution in [3.8, 4) is 22.6 Å². The van der Waals surface area contributed by atoms with Crippen LogP contribution in [0.5, 0.6) is 11.5 Å². The molecule has 1 aromatic heterocycles. The lowest BCUT2D eigenvalue weighted by atomic mass is 10.0. The van der Waals surface area contributed by atoms with Crippen LogP contribution in [-0.2, 0) is 21.2 Å². The minimum absolute atomic E-state index is 0.0905. The minimum Gasteiger partial charge on any atom is -0.454 e. The van der Waals surface area contributed by atoms with E-state index in [0.717, 1.165) is 5.56 Å². The molecule has 4 aromatic rings. The molecule has 0 fully saturated rings. The number of rotatable bonds is 8. The van der Waals surface area contributed by atoms with Crippen molar-refractivity contribution in [3.63, 3.8) is 0 Å². The highest BCUT2D eigenvalue weighted by molar-refractivity contribution is 7.90. The quantitative estimate of drug-likeness (QED) is 0.337. The molecule has 0 unspecified atom stereocenters. The van der Waals surface area contributed by atoms with Crippen molar-refractivity contribution in [2.24, 2.45) is 0 Å². The van der Waals surface area contributed by atoms with Crippen molar-refractivity contribution in [2.45, 2.75) is 17.4 Å². The van der Waals surface area contributed by atoms with Gasteiger partial charge in [0.25, 0.3) is 10.0 Å². The van der Waals surface area contributed by atoms with E-state index >= 15 is 0 Å². The first-order valence-electron chi connectivity index (χ1n) is 12.4. The van der Waals surface area contributed by atoms with Gasteiger partial charge < -0.3 is 19.7 Å². The van der Waals surface area contributed by atoms with Crippen LogP contribution in [0.25, 0.3) is 11.1 Å². The third-order valence-electron chi connectivity index (χ3n) is 6.34. The summed E-state index contributed by atoms with van der Waals surface area (Å²) in [5.41, 5.74) is 2.26. The number of urea groups is 1. The zero-order valence-corrected chi connectivity index (χ0v) is 22.3. The third kappa shape index (κ3) is 5.89. The lowest BCUT2D eigenvalue weighted by Gasteiger charge is -2.25. The molecule has 1 aliphatic heterocycles. The first-order chi connectivity index (χ1) is 19.3. The number of pyridine rings is 1. The third-order valence-corrected chi connectivity index (χ3v) is 7.73. The zero-order valence-electron chi connectivity index (χ0n) is 21.5. The Balaban J connectivity index is 1.38. The van der Waals surface area contributed by atoms with Gasteiger partial charge in [0.2, 0.25) is 12.7 Å². The largest absolute Gasteiger partial charge is 0.454 e. The van der Waals surface area contributed by atoms with Gasteiger partial charge in [-0.15, -0.1) is 0 Å². The number of hydrogen-bond donors (Lipinski definition) is 2. The summed E-state index contributed by atoms with van der Waals surface area (Å²) in [6.45, 7) is 0.0905. The molecule has 10 nitrogen and oxygen atoms in total. The number of nitrogens with zero attached hydrogens (tertiary/aromatic N) is 2. The first-order valence-corrected chi connectivity index (χ1v) is 13.8. The van der Waals surface area contributed by atoms with E-state index in [9.17, 15) is 18.0 Å². The van der Waals surface area contributed by atoms with E-state index in [0.29, 0.717) is 28.3 Å². The van der Waals surface area contributed by atoms with Gasteiger partial charge in [0, 0.05) is 48.7 Å². The normalized spacial score (nSPS) is 12.8. The summed E-state index contributed by atoms with van der Waals surface area (Å²) in [6, 6.07) is 21.8. The standard InChI is InChI=1S/C29H26N4O6S/c1-33(22-13-14-25-26(17-22)39-19-38-25)28(34)24(16-20-8-3-2-4-9-20)31-29(35)32-40(36,37)27-12-6-5-11-23(27)21-10-7-15-30-18-21/h2-15,17-18,24H,16,19H2,1H3,(H2,31,32,35)/t24-/m0/s1. The Labute approximate surface area is 231 Å². The summed E-state index contributed by atoms with van der Waals surface area (Å²) in [5, 5.41) is 2.56. The van der Waals surface area contributed by atoms with Crippen molar-refractivity contribution in [2.75, 3.05) is 18.7 Å². The van der Waals surface area contributed by atoms with Crippen LogP contribution in [0.1, 0.15) is 5.56 Å². The molecular formula is C29H26N4O6S. The maximum absolute atomic E-state index is 13.6. The number of aromatic nitrogens is 1. The summed E-state index contributed by atoms with van der Waals surface area (Å²) in [6.07, 6.45) is 3.25. The number of likely N-dealkylation sites (N-methyl/N-ethyl adjacent to an activating group) is 1. The molecule has 2 heterocycles. The highest BCUT2D eigenvalue weighted by atomic mass is 32.2. The van der Waals surface area contributed by atoms with Crippen LogP contribution in [0.4, 0.5) is 10.5 Å². The van der Waals surface area contributed by atoms with Crippen molar-refractivity contribution >= 4 is 27.6 Å². The molecule has 0 bridgehead atoms. The molecule has 0 radical (unpaired) electrons. The first kappa shape index (κ1) is 26.7. The minimum atomic E-state index is -4.31. The number of ether oxygens (including phenoxy) is 2. The number of nitrogens with one attached hydrogen (secondary N) is 2. The van der Waals surface area contributed by atoms with Gasteiger partial charge >= 0.3 is 6.03 Å². The van der Waals surface area contributed by atoms with Crippen molar-refractivity contribution in [3.05, 3.63) is 103 Å². The van der Waals surface area contributed by atoms with Gasteiger partial charge in [-0.2, -0.15) is 0 Å². The molecule has 0 aliphatic carbocycles. The predicted octanol–water partition coefficient (Wildman–Crippen LogP) is 3.74. The SMILES string of the molecule is CN(C(=O)[C@H](Cc1ccccc1)NC(=O)NS(=O)(=O)c1ccccc1-c1cccnc1)c1ccc2c(c1)OCO2. The second-order valence-corrected chi connectivity index (χ2v) is 10.6. The molecular weight excluding hydrogens is 532 g/mol. The molecule has 1 atom stereocenters. The van der Waals surface area contributed by atoms with E-state index in [-0.39, 0.29) is 18.1 Å². The van der Waals surface area contributed by atoms with Gasteiger partial charge in [-0.1, -0.05) is 54.6 Å². The predicted molar refractivity (Wildman–Crippen MR) is 148 cm³/mol. The molecule has 11 heteroatoms. The number of carbonyl (C=O) groups is 2. The van der Waals surface area contributed by atoms with Gasteiger partial charge in [0.05, 0.1) is 4.90 Å². The van der Waals surface area contributed by atoms with Crippen LogP contribution in [-0.4, -0.2) is 45.2 Å². The monoisotopic (exact) mass is 558 g/mol. The summed E-state index contributed by atoms with van der Waals surface area (Å²) >= 11 is 0. The molecule has 1 aliphatic rings. The average molecular weight is 559 g/mol. The number of hydrogen-bond acceptors (Lipinski definition) is 7. The Hall–Kier alpha value is -4.90. The molecule has 0 saturated carbocycles. The molecule has 5 rings (SSSR count). The number of benzene rings is 3. The summed E-state index contributed by atoms with van der Waals surface area (Å²) < 4.78 is 39.4. The van der Waals surface area contributed by atoms with E-state index in [2.05, 4.69) is 15.0 Å². The summed E-state index contributed by atoms with van der Waals surface area (Å²) in [7, 11) is -2.74. The lowest BCUT2D eigenvalue weighted by Crippen LogP contribution is -2.52. The summed E-state index contributed by atoms with van der Waals surface area (Å²) in [5.74, 6) is 0.617. The van der Waals surface area contributed by atoms with Crippen LogP contribution in [0.2, 0.25) is 0 Å². The van der Waals surface area contributed by atoms with E-state index in [1.54, 1.807) is 61.8 Å². The van der Waals surface area contributed by atoms with Crippen LogP contribution < -0.4 is 24.4 Å². The van der Waals surface area contributed by atoms with Gasteiger partial charge in [-0.3, -0.25) is 9.78 Å². The smallest absolute Gasteiger partial charge is 0.329 e. The molecule has 204 valence electrons. The fourth-order valence-corrected chi connectivity index (χ4v) is 5.48. The fourth-order valence-electron chi connectivity index (χ4n) is 4.33. The molecule has 0 saturated heterocycles. The van der Waals surface area contributed by atoms with Crippen molar-refractivity contribution in [1.29, 1.82) is 0 Å². The van der Waals surface area contributed by atoms with Crippen LogP contribution in [0.3, 0.4) is 0 Å². The Morgan fingerprint density at radius 3 is 2.48 bits per heavy atom. The maximum Gasteiger partial charge on any atom is 0.329 e. The summed E-state index contributed by atoms with van der Waals surface area (Å²) in [4.78, 5) is 32.0. The molecule has 3 aromatic carbocycles. The topological polar surface area (TPSA) is 127 Å². The zero-order chi connectivity index (χ0) is 28.1. The van der Waals surface area contributed by atoms with E-state index in [4.69, 9.17) is 9.47 Å². The number of fused-ring (bicyclic) bond motifs is 1. The Kier molecular flexibility index (Phi) is 7.65. The van der Waals surface area contributed by atoms with Gasteiger partial charge in [-0.05, 0) is 29.8 Å². The lowest BCUT2D eigenvalue weighted by molar-refractivity contribution is -0.120. The van der Waals surface area contributed by atoms with E-state index in [1.165, 1.54) is 17.2 Å². The molecule has 2 N–H and O–H groups in total. The Morgan fingerprint density at radius 1 is 0.950 bits per heavy atom. The Bertz CT molecular complexity index is 1630. The van der Waals surface area contributed by atoms with Crippen LogP contribution in [0, 0.1) is 0 Å². The van der Waals surface area contributed by atoms with Crippen molar-refractivity contribution in [1.82, 2.24) is 15.0 Å². The number of carbonyl (C=O) groups excluding carboxylic acids is 2. The van der Waals surface area contributed by atoms with Crippen molar-refractivity contribution < 1.29 is 27.5 Å². The molecule has 3 amide bonds. The number of amides is 3. The van der Waals surface area contributed by atoms with E-state index in [1.807, 2.05) is 30.3 Å².